The van der Waals surface area contributed by atoms with Gasteiger partial charge in [-0.2, -0.15) is 0 Å². The molecule has 0 radical (unpaired) electrons. The number of carbonyl (C=O) groups excluding carboxylic acids is 3. The number of carbonyl (C=O) groups is 3. The van der Waals surface area contributed by atoms with E-state index in [1.165, 1.54) is 19.1 Å². The summed E-state index contributed by atoms with van der Waals surface area (Å²) in [5.74, 6) is -0.525. The number of ketones is 1. The van der Waals surface area contributed by atoms with Crippen LogP contribution in [0.15, 0.2) is 24.3 Å². The number of hydrogen-bond acceptors (Lipinski definition) is 6. The van der Waals surface area contributed by atoms with Crippen LogP contribution in [-0.4, -0.2) is 68.1 Å². The summed E-state index contributed by atoms with van der Waals surface area (Å²) in [5, 5.41) is 0. The highest BCUT2D eigenvalue weighted by Crippen LogP contribution is 2.23. The molecule has 8 nitrogen and oxygen atoms in total. The molecule has 0 saturated heterocycles. The first-order chi connectivity index (χ1) is 14.8. The Balaban J connectivity index is 2.39. The van der Waals surface area contributed by atoms with Crippen LogP contribution in [0, 0.1) is 13.8 Å². The third-order valence-corrected chi connectivity index (χ3v) is 5.25. The molecule has 0 bridgehead atoms. The smallest absolute Gasteiger partial charge is 0.354 e. The third-order valence-electron chi connectivity index (χ3n) is 5.25. The van der Waals surface area contributed by atoms with Gasteiger partial charge in [-0.05, 0) is 51.0 Å². The zero-order chi connectivity index (χ0) is 23.1. The van der Waals surface area contributed by atoms with E-state index in [-0.39, 0.29) is 17.4 Å². The Hall–Kier alpha value is -3.13. The molecule has 0 fully saturated rings. The molecule has 1 atom stereocenters. The molecule has 0 spiro atoms. The van der Waals surface area contributed by atoms with Crippen molar-refractivity contribution in [3.63, 3.8) is 0 Å². The van der Waals surface area contributed by atoms with Crippen molar-refractivity contribution >= 4 is 17.7 Å². The number of aromatic amines is 1. The molecule has 0 aliphatic rings. The summed E-state index contributed by atoms with van der Waals surface area (Å²) in [5.41, 5.74) is 2.12. The number of H-pyrrole nitrogens is 1. The van der Waals surface area contributed by atoms with Crippen molar-refractivity contribution in [2.75, 3.05) is 34.5 Å². The van der Waals surface area contributed by atoms with Gasteiger partial charge < -0.3 is 24.1 Å². The number of rotatable bonds is 10. The van der Waals surface area contributed by atoms with Gasteiger partial charge in [-0.25, -0.2) is 4.79 Å². The molecule has 0 saturated carbocycles. The van der Waals surface area contributed by atoms with Gasteiger partial charge in [-0.1, -0.05) is 6.07 Å². The second kappa shape index (κ2) is 10.8. The van der Waals surface area contributed by atoms with Crippen LogP contribution in [0.25, 0.3) is 0 Å². The fourth-order valence-electron chi connectivity index (χ4n) is 3.55. The van der Waals surface area contributed by atoms with E-state index < -0.39 is 12.0 Å². The maximum atomic E-state index is 13.4. The summed E-state index contributed by atoms with van der Waals surface area (Å²) in [4.78, 5) is 43.2. The molecule has 2 aromatic rings. The average Bonchev–Trinajstić information content (AvgIpc) is 3.08. The van der Waals surface area contributed by atoms with Crippen molar-refractivity contribution in [3.05, 3.63) is 52.3 Å². The van der Waals surface area contributed by atoms with E-state index in [1.54, 1.807) is 52.1 Å². The number of hydrogen-bond donors (Lipinski definition) is 1. The summed E-state index contributed by atoms with van der Waals surface area (Å²) < 4.78 is 15.1. The number of ether oxygens (including phenoxy) is 3. The average molecular weight is 431 g/mol. The van der Waals surface area contributed by atoms with Gasteiger partial charge in [0.05, 0.1) is 20.3 Å². The van der Waals surface area contributed by atoms with Crippen LogP contribution in [0.2, 0.25) is 0 Å². The lowest BCUT2D eigenvalue weighted by molar-refractivity contribution is 0.0591. The van der Waals surface area contributed by atoms with E-state index in [9.17, 15) is 14.4 Å². The highest BCUT2D eigenvalue weighted by molar-refractivity contribution is 6.07. The minimum atomic E-state index is -0.755. The van der Waals surface area contributed by atoms with Gasteiger partial charge in [-0.3, -0.25) is 9.59 Å². The molecule has 0 aliphatic carbocycles. The number of nitrogens with zero attached hydrogens (tertiary/aromatic N) is 1. The summed E-state index contributed by atoms with van der Waals surface area (Å²) in [6, 6.07) is 6.06. The molecule has 1 N–H and O–H groups in total. The molecule has 8 heteroatoms. The van der Waals surface area contributed by atoms with Crippen molar-refractivity contribution in [1.29, 1.82) is 0 Å². The summed E-state index contributed by atoms with van der Waals surface area (Å²) in [6.07, 6.45) is 0.572. The zero-order valence-corrected chi connectivity index (χ0v) is 18.9. The monoisotopic (exact) mass is 430 g/mol. The predicted molar refractivity (Wildman–Crippen MR) is 116 cm³/mol. The second-order valence-electron chi connectivity index (χ2n) is 7.23. The molecule has 31 heavy (non-hydrogen) atoms. The number of nitrogens with one attached hydrogen (secondary N) is 1. The van der Waals surface area contributed by atoms with E-state index in [0.717, 1.165) is 0 Å². The number of Topliss-reactive ketones (excluding diaryl/α,β-unsaturated/α-hetero) is 1. The fraction of sp³-hybridized carbons (Fsp3) is 0.435. The number of amides is 1. The van der Waals surface area contributed by atoms with Crippen molar-refractivity contribution in [2.24, 2.45) is 0 Å². The molecule has 168 valence electrons. The van der Waals surface area contributed by atoms with E-state index in [0.29, 0.717) is 47.7 Å². The number of benzene rings is 1. The van der Waals surface area contributed by atoms with E-state index in [2.05, 4.69) is 4.98 Å². The number of aromatic nitrogens is 1. The standard InChI is InChI=1S/C23H30N2O6/c1-14-19(15(2)24-20(14)23(28)31-6)21(26)16(3)25(11-8-12-29-4)22(27)17-9-7-10-18(13-17)30-5/h7,9-10,13,16,24H,8,11-12H2,1-6H3. The van der Waals surface area contributed by atoms with Crippen LogP contribution in [0.5, 0.6) is 5.75 Å². The maximum absolute atomic E-state index is 13.4. The highest BCUT2D eigenvalue weighted by Gasteiger charge is 2.31. The molecule has 1 amide bonds. The third kappa shape index (κ3) is 5.32. The maximum Gasteiger partial charge on any atom is 0.354 e. The molecule has 2 rings (SSSR count). The summed E-state index contributed by atoms with van der Waals surface area (Å²) in [7, 11) is 4.40. The van der Waals surface area contributed by atoms with Gasteiger partial charge in [0.25, 0.3) is 5.91 Å². The van der Waals surface area contributed by atoms with Crippen LogP contribution in [0.1, 0.15) is 55.8 Å². The van der Waals surface area contributed by atoms with Gasteiger partial charge in [0.2, 0.25) is 0 Å². The summed E-state index contributed by atoms with van der Waals surface area (Å²) in [6.45, 7) is 5.89. The molecule has 0 aliphatic heterocycles. The number of aryl methyl sites for hydroxylation is 1. The van der Waals surface area contributed by atoms with Gasteiger partial charge in [0, 0.05) is 37.1 Å². The van der Waals surface area contributed by atoms with Crippen LogP contribution in [0.3, 0.4) is 0 Å². The zero-order valence-electron chi connectivity index (χ0n) is 18.9. The quantitative estimate of drug-likeness (QED) is 0.353. The van der Waals surface area contributed by atoms with Gasteiger partial charge >= 0.3 is 5.97 Å². The Morgan fingerprint density at radius 3 is 2.45 bits per heavy atom. The minimum Gasteiger partial charge on any atom is -0.497 e. The lowest BCUT2D eigenvalue weighted by Crippen LogP contribution is -2.44. The van der Waals surface area contributed by atoms with E-state index >= 15 is 0 Å². The molecule has 1 aromatic carbocycles. The minimum absolute atomic E-state index is 0.237. The van der Waals surface area contributed by atoms with Crippen molar-refractivity contribution < 1.29 is 28.6 Å². The summed E-state index contributed by atoms with van der Waals surface area (Å²) >= 11 is 0. The second-order valence-corrected chi connectivity index (χ2v) is 7.23. The van der Waals surface area contributed by atoms with Crippen molar-refractivity contribution in [2.45, 2.75) is 33.2 Å². The Kier molecular flexibility index (Phi) is 8.38. The fourth-order valence-corrected chi connectivity index (χ4v) is 3.55. The molecule has 1 aromatic heterocycles. The first-order valence-corrected chi connectivity index (χ1v) is 10.0. The van der Waals surface area contributed by atoms with Gasteiger partial charge in [-0.15, -0.1) is 0 Å². The van der Waals surface area contributed by atoms with Crippen molar-refractivity contribution in [1.82, 2.24) is 9.88 Å². The van der Waals surface area contributed by atoms with Crippen molar-refractivity contribution in [3.8, 4) is 5.75 Å². The largest absolute Gasteiger partial charge is 0.497 e. The SMILES string of the molecule is COCCCN(C(=O)c1cccc(OC)c1)C(C)C(=O)c1c(C)[nH]c(C(=O)OC)c1C. The van der Waals surface area contributed by atoms with Gasteiger partial charge in [0.1, 0.15) is 11.4 Å². The molecule has 1 heterocycles. The predicted octanol–water partition coefficient (Wildman–Crippen LogP) is 3.18. The first-order valence-electron chi connectivity index (χ1n) is 10.0. The number of esters is 1. The topological polar surface area (TPSA) is 97.9 Å². The molecular weight excluding hydrogens is 400 g/mol. The van der Waals surface area contributed by atoms with Crippen LogP contribution in [0.4, 0.5) is 0 Å². The van der Waals surface area contributed by atoms with Crippen LogP contribution < -0.4 is 4.74 Å². The van der Waals surface area contributed by atoms with Gasteiger partial charge in [0.15, 0.2) is 5.78 Å². The lowest BCUT2D eigenvalue weighted by Gasteiger charge is -2.29. The van der Waals surface area contributed by atoms with Crippen LogP contribution >= 0.6 is 0 Å². The Labute approximate surface area is 182 Å². The van der Waals surface area contributed by atoms with Crippen LogP contribution in [-0.2, 0) is 9.47 Å². The van der Waals surface area contributed by atoms with E-state index in [1.807, 2.05) is 0 Å². The number of methoxy groups -OCH3 is 3. The highest BCUT2D eigenvalue weighted by atomic mass is 16.5. The lowest BCUT2D eigenvalue weighted by atomic mass is 9.99. The molecular formula is C23H30N2O6. The Morgan fingerprint density at radius 1 is 1.13 bits per heavy atom. The normalized spacial score (nSPS) is 11.7. The first kappa shape index (κ1) is 24.1. The Bertz CT molecular complexity index is 950. The Morgan fingerprint density at radius 2 is 1.84 bits per heavy atom. The van der Waals surface area contributed by atoms with E-state index in [4.69, 9.17) is 14.2 Å². The molecule has 1 unspecified atom stereocenters.